The van der Waals surface area contributed by atoms with Crippen molar-refractivity contribution in [3.63, 3.8) is 0 Å². The molecule has 0 radical (unpaired) electrons. The van der Waals surface area contributed by atoms with Crippen molar-refractivity contribution in [1.82, 2.24) is 0 Å². The van der Waals surface area contributed by atoms with Crippen molar-refractivity contribution < 1.29 is 5.11 Å². The van der Waals surface area contributed by atoms with E-state index in [0.717, 1.165) is 12.0 Å². The van der Waals surface area contributed by atoms with Crippen LogP contribution in [0.15, 0.2) is 24.3 Å². The molecule has 0 saturated carbocycles. The molecule has 1 aromatic rings. The fourth-order valence-corrected chi connectivity index (χ4v) is 1.62. The lowest BCUT2D eigenvalue weighted by Gasteiger charge is -2.16. The highest BCUT2D eigenvalue weighted by molar-refractivity contribution is 5.35. The third-order valence-corrected chi connectivity index (χ3v) is 2.26. The number of benzene rings is 1. The van der Waals surface area contributed by atoms with Gasteiger partial charge in [0.1, 0.15) is 5.72 Å². The van der Waals surface area contributed by atoms with Gasteiger partial charge in [0, 0.05) is 5.56 Å². The number of aryl methyl sites for hydroxylation is 1. The molecule has 11 heavy (non-hydrogen) atoms. The number of nitrogens with two attached hydrogens (primary N) is 1. The van der Waals surface area contributed by atoms with E-state index < -0.39 is 5.72 Å². The quantitative estimate of drug-likeness (QED) is 0.534. The third-order valence-electron chi connectivity index (χ3n) is 2.26. The van der Waals surface area contributed by atoms with E-state index in [-0.39, 0.29) is 0 Å². The average molecular weight is 149 g/mol. The Bertz CT molecular complexity index is 281. The molecule has 1 aromatic carbocycles. The zero-order valence-electron chi connectivity index (χ0n) is 6.25. The van der Waals surface area contributed by atoms with Crippen LogP contribution in [0.4, 0.5) is 0 Å². The Kier molecular flexibility index (Phi) is 1.28. The van der Waals surface area contributed by atoms with Crippen molar-refractivity contribution in [2.24, 2.45) is 5.73 Å². The van der Waals surface area contributed by atoms with Crippen molar-refractivity contribution in [1.29, 1.82) is 0 Å². The molecule has 0 amide bonds. The molecule has 0 aliphatic heterocycles. The standard InChI is InChI=1S/C9H11NO/c10-9(11)6-5-7-3-1-2-4-8(7)9/h1-4,11H,5-6,10H2. The molecule has 2 heteroatoms. The Balaban J connectivity index is 2.56. The van der Waals surface area contributed by atoms with Gasteiger partial charge in [0.2, 0.25) is 0 Å². The lowest BCUT2D eigenvalue weighted by atomic mass is 10.1. The molecular weight excluding hydrogens is 138 g/mol. The largest absolute Gasteiger partial charge is 0.372 e. The fraction of sp³-hybridized carbons (Fsp3) is 0.333. The van der Waals surface area contributed by atoms with Crippen LogP contribution >= 0.6 is 0 Å². The van der Waals surface area contributed by atoms with Crippen LogP contribution in [-0.2, 0) is 12.1 Å². The van der Waals surface area contributed by atoms with Crippen LogP contribution in [0, 0.1) is 0 Å². The van der Waals surface area contributed by atoms with Gasteiger partial charge in [-0.05, 0) is 18.4 Å². The molecular formula is C9H11NO. The van der Waals surface area contributed by atoms with Crippen LogP contribution < -0.4 is 5.73 Å². The lowest BCUT2D eigenvalue weighted by Crippen LogP contribution is -2.33. The van der Waals surface area contributed by atoms with Crippen LogP contribution in [0.5, 0.6) is 0 Å². The Morgan fingerprint density at radius 1 is 1.36 bits per heavy atom. The predicted molar refractivity (Wildman–Crippen MR) is 42.8 cm³/mol. The van der Waals surface area contributed by atoms with E-state index in [4.69, 9.17) is 5.73 Å². The summed E-state index contributed by atoms with van der Waals surface area (Å²) >= 11 is 0. The summed E-state index contributed by atoms with van der Waals surface area (Å²) in [6.45, 7) is 0. The molecule has 1 aliphatic rings. The molecule has 2 nitrogen and oxygen atoms in total. The third kappa shape index (κ3) is 0.951. The molecule has 1 aliphatic carbocycles. The minimum atomic E-state index is -1.07. The highest BCUT2D eigenvalue weighted by atomic mass is 16.3. The Labute approximate surface area is 65.7 Å². The van der Waals surface area contributed by atoms with E-state index in [9.17, 15) is 5.11 Å². The van der Waals surface area contributed by atoms with Crippen molar-refractivity contribution >= 4 is 0 Å². The SMILES string of the molecule is NC1(O)CCc2ccccc21. The fourth-order valence-electron chi connectivity index (χ4n) is 1.62. The number of aliphatic hydroxyl groups is 1. The molecule has 0 spiro atoms. The number of rotatable bonds is 0. The van der Waals surface area contributed by atoms with Gasteiger partial charge in [-0.2, -0.15) is 0 Å². The van der Waals surface area contributed by atoms with Crippen LogP contribution in [0.25, 0.3) is 0 Å². The summed E-state index contributed by atoms with van der Waals surface area (Å²) < 4.78 is 0. The summed E-state index contributed by atoms with van der Waals surface area (Å²) in [4.78, 5) is 0. The van der Waals surface area contributed by atoms with E-state index in [1.807, 2.05) is 24.3 Å². The van der Waals surface area contributed by atoms with E-state index in [2.05, 4.69) is 0 Å². The normalized spacial score (nSPS) is 28.5. The molecule has 58 valence electrons. The second kappa shape index (κ2) is 2.06. The predicted octanol–water partition coefficient (Wildman–Crippen LogP) is 0.737. The molecule has 3 N–H and O–H groups in total. The zero-order valence-corrected chi connectivity index (χ0v) is 6.25. The van der Waals surface area contributed by atoms with Gasteiger partial charge >= 0.3 is 0 Å². The van der Waals surface area contributed by atoms with Crippen molar-refractivity contribution in [2.45, 2.75) is 18.6 Å². The summed E-state index contributed by atoms with van der Waals surface area (Å²) in [5, 5.41) is 9.62. The topological polar surface area (TPSA) is 46.2 Å². The Morgan fingerprint density at radius 2 is 2.09 bits per heavy atom. The van der Waals surface area contributed by atoms with E-state index in [1.54, 1.807) is 0 Å². The maximum absolute atomic E-state index is 9.62. The molecule has 0 saturated heterocycles. The van der Waals surface area contributed by atoms with Gasteiger partial charge in [-0.15, -0.1) is 0 Å². The van der Waals surface area contributed by atoms with Gasteiger partial charge in [-0.1, -0.05) is 24.3 Å². The van der Waals surface area contributed by atoms with Crippen molar-refractivity contribution in [2.75, 3.05) is 0 Å². The molecule has 1 unspecified atom stereocenters. The second-order valence-electron chi connectivity index (χ2n) is 3.08. The van der Waals surface area contributed by atoms with Gasteiger partial charge in [-0.25, -0.2) is 0 Å². The minimum absolute atomic E-state index is 0.645. The Morgan fingerprint density at radius 3 is 2.82 bits per heavy atom. The summed E-state index contributed by atoms with van der Waals surface area (Å²) in [5.41, 5.74) is 6.64. The Hall–Kier alpha value is -0.860. The van der Waals surface area contributed by atoms with Crippen LogP contribution in [-0.4, -0.2) is 5.11 Å². The molecule has 2 rings (SSSR count). The first-order valence-corrected chi connectivity index (χ1v) is 3.80. The summed E-state index contributed by atoms with van der Waals surface area (Å²) in [5.74, 6) is 0. The number of hydrogen-bond donors (Lipinski definition) is 2. The zero-order chi connectivity index (χ0) is 7.90. The van der Waals surface area contributed by atoms with E-state index in [1.165, 1.54) is 5.56 Å². The second-order valence-corrected chi connectivity index (χ2v) is 3.08. The molecule has 0 heterocycles. The van der Waals surface area contributed by atoms with Crippen LogP contribution in [0.2, 0.25) is 0 Å². The lowest BCUT2D eigenvalue weighted by molar-refractivity contribution is 0.0458. The van der Waals surface area contributed by atoms with Gasteiger partial charge in [-0.3, -0.25) is 5.73 Å². The van der Waals surface area contributed by atoms with Gasteiger partial charge in [0.05, 0.1) is 0 Å². The first-order valence-electron chi connectivity index (χ1n) is 3.80. The van der Waals surface area contributed by atoms with Crippen LogP contribution in [0.3, 0.4) is 0 Å². The minimum Gasteiger partial charge on any atom is -0.372 e. The monoisotopic (exact) mass is 149 g/mol. The highest BCUT2D eigenvalue weighted by Gasteiger charge is 2.31. The summed E-state index contributed by atoms with van der Waals surface area (Å²) in [7, 11) is 0. The van der Waals surface area contributed by atoms with E-state index in [0.29, 0.717) is 6.42 Å². The van der Waals surface area contributed by atoms with Gasteiger partial charge in [0.15, 0.2) is 0 Å². The highest BCUT2D eigenvalue weighted by Crippen LogP contribution is 2.31. The first kappa shape index (κ1) is 6.83. The first-order chi connectivity index (χ1) is 5.20. The van der Waals surface area contributed by atoms with Crippen molar-refractivity contribution in [3.8, 4) is 0 Å². The molecule has 1 atom stereocenters. The maximum Gasteiger partial charge on any atom is 0.140 e. The van der Waals surface area contributed by atoms with Crippen LogP contribution in [0.1, 0.15) is 17.5 Å². The summed E-state index contributed by atoms with van der Waals surface area (Å²) in [6.07, 6.45) is 1.54. The molecule has 0 fully saturated rings. The smallest absolute Gasteiger partial charge is 0.140 e. The van der Waals surface area contributed by atoms with Gasteiger partial charge < -0.3 is 5.11 Å². The summed E-state index contributed by atoms with van der Waals surface area (Å²) in [6, 6.07) is 7.78. The van der Waals surface area contributed by atoms with Gasteiger partial charge in [0.25, 0.3) is 0 Å². The molecule has 0 bridgehead atoms. The van der Waals surface area contributed by atoms with Crippen molar-refractivity contribution in [3.05, 3.63) is 35.4 Å². The average Bonchev–Trinajstić information content (AvgIpc) is 2.29. The number of fused-ring (bicyclic) bond motifs is 1. The molecule has 0 aromatic heterocycles. The maximum atomic E-state index is 9.62. The number of hydrogen-bond acceptors (Lipinski definition) is 2. The van der Waals surface area contributed by atoms with E-state index >= 15 is 0 Å².